The molecule has 2 N–H and O–H groups in total. The molecule has 78 valence electrons. The first-order valence-electron chi connectivity index (χ1n) is 3.73. The molecule has 0 radical (unpaired) electrons. The predicted octanol–water partition coefficient (Wildman–Crippen LogP) is -2.20. The van der Waals surface area contributed by atoms with Crippen molar-refractivity contribution in [3.8, 4) is 0 Å². The fourth-order valence-electron chi connectivity index (χ4n) is 0.522. The first-order chi connectivity index (χ1) is 6.20. The van der Waals surface area contributed by atoms with Crippen LogP contribution in [0.2, 0.25) is 0 Å². The van der Waals surface area contributed by atoms with Crippen molar-refractivity contribution < 1.29 is 29.3 Å². The van der Waals surface area contributed by atoms with E-state index in [2.05, 4.69) is 9.47 Å². The van der Waals surface area contributed by atoms with Crippen LogP contribution in [0.15, 0.2) is 0 Å². The van der Waals surface area contributed by atoms with Crippen molar-refractivity contribution in [1.82, 2.24) is 0 Å². The minimum absolute atomic E-state index is 0. The van der Waals surface area contributed by atoms with Crippen molar-refractivity contribution in [2.45, 2.75) is 6.42 Å². The summed E-state index contributed by atoms with van der Waals surface area (Å²) in [6.45, 7) is -1.15. The maximum absolute atomic E-state index is 10.3. The number of hydrogen-bond donors (Lipinski definition) is 2. The summed E-state index contributed by atoms with van der Waals surface area (Å²) in [5.41, 5.74) is 0. The molecule has 0 aliphatic rings. The van der Waals surface area contributed by atoms with E-state index in [0.717, 1.165) is 0 Å². The van der Waals surface area contributed by atoms with Gasteiger partial charge in [-0.05, 0) is 0 Å². The molecule has 0 bridgehead atoms. The molecule has 0 saturated heterocycles. The minimum atomic E-state index is -0.714. The zero-order valence-corrected chi connectivity index (χ0v) is 7.06. The SMILES string of the molecule is O=C(CO)OCCCOC(=O)CO.[KH]. The summed E-state index contributed by atoms with van der Waals surface area (Å²) < 4.78 is 8.93. The Morgan fingerprint density at radius 1 is 0.929 bits per heavy atom. The summed E-state index contributed by atoms with van der Waals surface area (Å²) in [5, 5.41) is 16.4. The predicted molar refractivity (Wildman–Crippen MR) is 47.9 cm³/mol. The summed E-state index contributed by atoms with van der Waals surface area (Å²) in [5.74, 6) is -1.43. The summed E-state index contributed by atoms with van der Waals surface area (Å²) in [4.78, 5) is 20.7. The number of hydrogen-bond acceptors (Lipinski definition) is 6. The number of esters is 2. The molecule has 7 heteroatoms. The molecule has 0 amide bonds. The molecule has 0 aliphatic heterocycles. The first-order valence-corrected chi connectivity index (χ1v) is 3.73. The molecule has 0 fully saturated rings. The summed E-state index contributed by atoms with van der Waals surface area (Å²) in [7, 11) is 0. The van der Waals surface area contributed by atoms with Gasteiger partial charge in [-0.3, -0.25) is 0 Å². The van der Waals surface area contributed by atoms with Crippen molar-refractivity contribution in [3.63, 3.8) is 0 Å². The van der Waals surface area contributed by atoms with Crippen molar-refractivity contribution in [2.75, 3.05) is 26.4 Å². The summed E-state index contributed by atoms with van der Waals surface area (Å²) in [6.07, 6.45) is 0.345. The van der Waals surface area contributed by atoms with Crippen LogP contribution in [0.4, 0.5) is 0 Å². The molecule has 0 aromatic heterocycles. The average molecular weight is 232 g/mol. The Morgan fingerprint density at radius 2 is 1.29 bits per heavy atom. The normalized spacial score (nSPS) is 8.71. The van der Waals surface area contributed by atoms with E-state index in [-0.39, 0.29) is 64.6 Å². The second kappa shape index (κ2) is 11.6. The Hall–Kier alpha value is 0.496. The number of carbonyl (C=O) groups is 2. The number of aliphatic hydroxyl groups is 2. The van der Waals surface area contributed by atoms with Crippen molar-refractivity contribution in [2.24, 2.45) is 0 Å². The van der Waals surface area contributed by atoms with E-state index in [1.54, 1.807) is 0 Å². The van der Waals surface area contributed by atoms with Crippen LogP contribution in [0.25, 0.3) is 0 Å². The van der Waals surface area contributed by atoms with E-state index in [9.17, 15) is 9.59 Å². The molecule has 14 heavy (non-hydrogen) atoms. The van der Waals surface area contributed by atoms with Gasteiger partial charge in [0.25, 0.3) is 0 Å². The van der Waals surface area contributed by atoms with Crippen LogP contribution in [0.1, 0.15) is 6.42 Å². The summed E-state index contributed by atoms with van der Waals surface area (Å²) >= 11 is 0. The van der Waals surface area contributed by atoms with E-state index < -0.39 is 25.2 Å². The second-order valence-corrected chi connectivity index (χ2v) is 2.11. The van der Waals surface area contributed by atoms with Gasteiger partial charge in [0, 0.05) is 6.42 Å². The van der Waals surface area contributed by atoms with Gasteiger partial charge in [0.2, 0.25) is 0 Å². The fourth-order valence-corrected chi connectivity index (χ4v) is 0.522. The van der Waals surface area contributed by atoms with Crippen LogP contribution in [0.3, 0.4) is 0 Å². The van der Waals surface area contributed by atoms with Gasteiger partial charge in [0.05, 0.1) is 13.2 Å². The van der Waals surface area contributed by atoms with Gasteiger partial charge in [-0.25, -0.2) is 9.59 Å². The fraction of sp³-hybridized carbons (Fsp3) is 0.714. The van der Waals surface area contributed by atoms with Crippen LogP contribution in [0.5, 0.6) is 0 Å². The zero-order chi connectivity index (χ0) is 10.1. The van der Waals surface area contributed by atoms with E-state index in [1.165, 1.54) is 0 Å². The van der Waals surface area contributed by atoms with Crippen LogP contribution in [-0.4, -0.2) is 100.0 Å². The molecule has 6 nitrogen and oxygen atoms in total. The zero-order valence-electron chi connectivity index (χ0n) is 7.06. The molecule has 0 heterocycles. The molecular weight excluding hydrogens is 219 g/mol. The molecule has 0 atom stereocenters. The summed E-state index contributed by atoms with van der Waals surface area (Å²) in [6, 6.07) is 0. The Kier molecular flexibility index (Phi) is 14.0. The van der Waals surface area contributed by atoms with Crippen LogP contribution < -0.4 is 0 Å². The quantitative estimate of drug-likeness (QED) is 0.307. The van der Waals surface area contributed by atoms with Gasteiger partial charge < -0.3 is 19.7 Å². The van der Waals surface area contributed by atoms with E-state index in [1.807, 2.05) is 0 Å². The Bertz CT molecular complexity index is 154. The van der Waals surface area contributed by atoms with Crippen LogP contribution >= 0.6 is 0 Å². The number of carbonyl (C=O) groups excluding carboxylic acids is 2. The third kappa shape index (κ3) is 10.6. The average Bonchev–Trinajstić information content (AvgIpc) is 2.16. The van der Waals surface area contributed by atoms with E-state index >= 15 is 0 Å². The number of ether oxygens (including phenoxy) is 2. The maximum atomic E-state index is 10.3. The molecule has 0 spiro atoms. The Balaban J connectivity index is 0. The third-order valence-corrected chi connectivity index (χ3v) is 1.07. The topological polar surface area (TPSA) is 93.1 Å². The number of aliphatic hydroxyl groups excluding tert-OH is 2. The van der Waals surface area contributed by atoms with E-state index in [4.69, 9.17) is 10.2 Å². The van der Waals surface area contributed by atoms with Crippen molar-refractivity contribution >= 4 is 63.3 Å². The Labute approximate surface area is 124 Å². The van der Waals surface area contributed by atoms with Crippen LogP contribution in [-0.2, 0) is 19.1 Å². The molecule has 0 saturated carbocycles. The van der Waals surface area contributed by atoms with Gasteiger partial charge >= 0.3 is 63.3 Å². The molecular formula is C7H13KO6. The Morgan fingerprint density at radius 3 is 1.57 bits per heavy atom. The molecule has 0 aromatic carbocycles. The van der Waals surface area contributed by atoms with Gasteiger partial charge in [0.15, 0.2) is 0 Å². The van der Waals surface area contributed by atoms with Gasteiger partial charge in [-0.1, -0.05) is 0 Å². The molecule has 0 unspecified atom stereocenters. The standard InChI is InChI=1S/C7H12O6.K.H/c8-4-6(10)12-2-1-3-13-7(11)5-9;;/h8-9H,1-5H2;;. The molecule has 0 rings (SSSR count). The molecule has 0 aliphatic carbocycles. The third-order valence-electron chi connectivity index (χ3n) is 1.07. The van der Waals surface area contributed by atoms with Gasteiger partial charge in [-0.15, -0.1) is 0 Å². The van der Waals surface area contributed by atoms with E-state index in [0.29, 0.717) is 6.42 Å². The second-order valence-electron chi connectivity index (χ2n) is 2.11. The monoisotopic (exact) mass is 232 g/mol. The molecule has 0 aromatic rings. The van der Waals surface area contributed by atoms with Crippen molar-refractivity contribution in [3.05, 3.63) is 0 Å². The van der Waals surface area contributed by atoms with Gasteiger partial charge in [0.1, 0.15) is 13.2 Å². The first kappa shape index (κ1) is 16.9. The van der Waals surface area contributed by atoms with Gasteiger partial charge in [-0.2, -0.15) is 0 Å². The number of rotatable bonds is 6. The van der Waals surface area contributed by atoms with Crippen molar-refractivity contribution in [1.29, 1.82) is 0 Å². The van der Waals surface area contributed by atoms with Crippen LogP contribution in [0, 0.1) is 0 Å².